The van der Waals surface area contributed by atoms with Crippen molar-refractivity contribution in [3.8, 4) is 5.75 Å². The van der Waals surface area contributed by atoms with Crippen LogP contribution < -0.4 is 10.1 Å². The van der Waals surface area contributed by atoms with Gasteiger partial charge in [-0.3, -0.25) is 0 Å². The minimum atomic E-state index is -0.379. The Labute approximate surface area is 129 Å². The van der Waals surface area contributed by atoms with Gasteiger partial charge in [0.25, 0.3) is 0 Å². The maximum atomic E-state index is 12.1. The molecule has 6 heteroatoms. The minimum absolute atomic E-state index is 0.125. The fourth-order valence-corrected chi connectivity index (χ4v) is 2.73. The molecule has 0 bridgehead atoms. The van der Waals surface area contributed by atoms with Crippen LogP contribution in [0.15, 0.2) is 18.2 Å². The summed E-state index contributed by atoms with van der Waals surface area (Å²) in [5.74, 6) is 0.861. The molecule has 5 nitrogen and oxygen atoms in total. The number of hydrogen-bond acceptors (Lipinski definition) is 3. The highest BCUT2D eigenvalue weighted by Gasteiger charge is 2.28. The Hall–Kier alpha value is -1.46. The number of halogens is 1. The maximum absolute atomic E-state index is 12.1. The summed E-state index contributed by atoms with van der Waals surface area (Å²) >= 11 is 5.96. The lowest BCUT2D eigenvalue weighted by atomic mass is 10.0. The van der Waals surface area contributed by atoms with Crippen molar-refractivity contribution in [2.24, 2.45) is 5.92 Å². The van der Waals surface area contributed by atoms with E-state index in [4.69, 9.17) is 16.3 Å². The number of rotatable bonds is 4. The van der Waals surface area contributed by atoms with Crippen molar-refractivity contribution >= 4 is 17.6 Å². The van der Waals surface area contributed by atoms with Crippen molar-refractivity contribution in [1.29, 1.82) is 0 Å². The van der Waals surface area contributed by atoms with Crippen molar-refractivity contribution < 1.29 is 14.6 Å². The van der Waals surface area contributed by atoms with Crippen LogP contribution >= 0.6 is 11.6 Å². The maximum Gasteiger partial charge on any atom is 0.317 e. The Morgan fingerprint density at radius 2 is 2.38 bits per heavy atom. The van der Waals surface area contributed by atoms with Crippen LogP contribution in [0.25, 0.3) is 0 Å². The van der Waals surface area contributed by atoms with Gasteiger partial charge in [0, 0.05) is 36.1 Å². The van der Waals surface area contributed by atoms with Crippen molar-refractivity contribution in [3.63, 3.8) is 0 Å². The second-order valence-corrected chi connectivity index (χ2v) is 5.79. The molecule has 0 saturated carbocycles. The predicted octanol–water partition coefficient (Wildman–Crippen LogP) is 2.26. The molecule has 2 amide bonds. The van der Waals surface area contributed by atoms with Gasteiger partial charge in [-0.15, -0.1) is 0 Å². The van der Waals surface area contributed by atoms with E-state index in [2.05, 4.69) is 5.32 Å². The standard InChI is InChI=1S/C15H21ClN2O3/c1-10(19)11-5-6-18(9-11)15(20)17-8-12-7-13(16)3-4-14(12)21-2/h3-4,7,10-11,19H,5-6,8-9H2,1-2H3,(H,17,20). The van der Waals surface area contributed by atoms with E-state index in [0.29, 0.717) is 30.4 Å². The molecular formula is C15H21ClN2O3. The fourth-order valence-electron chi connectivity index (χ4n) is 2.53. The molecule has 1 aliphatic rings. The van der Waals surface area contributed by atoms with Crippen LogP contribution in [0.2, 0.25) is 5.02 Å². The van der Waals surface area contributed by atoms with E-state index in [9.17, 15) is 9.90 Å². The summed E-state index contributed by atoms with van der Waals surface area (Å²) in [4.78, 5) is 13.9. The molecule has 2 rings (SSSR count). The second kappa shape index (κ2) is 7.00. The summed E-state index contributed by atoms with van der Waals surface area (Å²) < 4.78 is 5.25. The largest absolute Gasteiger partial charge is 0.496 e. The van der Waals surface area contributed by atoms with E-state index in [0.717, 1.165) is 12.0 Å². The number of carbonyl (C=O) groups excluding carboxylic acids is 1. The topological polar surface area (TPSA) is 61.8 Å². The number of amides is 2. The first-order valence-electron chi connectivity index (χ1n) is 7.04. The number of likely N-dealkylation sites (tertiary alicyclic amines) is 1. The number of ether oxygens (including phenoxy) is 1. The number of methoxy groups -OCH3 is 1. The number of nitrogens with zero attached hydrogens (tertiary/aromatic N) is 1. The van der Waals surface area contributed by atoms with Gasteiger partial charge in [-0.05, 0) is 31.5 Å². The lowest BCUT2D eigenvalue weighted by molar-refractivity contribution is 0.129. The number of carbonyl (C=O) groups is 1. The van der Waals surface area contributed by atoms with Gasteiger partial charge in [0.15, 0.2) is 0 Å². The van der Waals surface area contributed by atoms with Gasteiger partial charge in [0.2, 0.25) is 0 Å². The third-order valence-corrected chi connectivity index (χ3v) is 4.10. The molecule has 1 aliphatic heterocycles. The van der Waals surface area contributed by atoms with E-state index in [1.54, 1.807) is 37.1 Å². The first-order chi connectivity index (χ1) is 10.0. The summed E-state index contributed by atoms with van der Waals surface area (Å²) in [6, 6.07) is 5.19. The molecule has 21 heavy (non-hydrogen) atoms. The van der Waals surface area contributed by atoms with Crippen LogP contribution in [-0.2, 0) is 6.54 Å². The third kappa shape index (κ3) is 4.02. The summed E-state index contributed by atoms with van der Waals surface area (Å²) in [6.07, 6.45) is 0.460. The van der Waals surface area contributed by atoms with Crippen molar-refractivity contribution in [2.75, 3.05) is 20.2 Å². The fraction of sp³-hybridized carbons (Fsp3) is 0.533. The average Bonchev–Trinajstić information content (AvgIpc) is 2.95. The van der Waals surface area contributed by atoms with Gasteiger partial charge in [0.05, 0.1) is 13.2 Å². The van der Waals surface area contributed by atoms with Crippen LogP contribution in [-0.4, -0.2) is 42.3 Å². The van der Waals surface area contributed by atoms with Crippen LogP contribution in [0.3, 0.4) is 0 Å². The van der Waals surface area contributed by atoms with Gasteiger partial charge in [-0.25, -0.2) is 4.79 Å². The molecule has 2 N–H and O–H groups in total. The molecule has 1 heterocycles. The number of aliphatic hydroxyl groups is 1. The van der Waals surface area contributed by atoms with E-state index in [1.165, 1.54) is 0 Å². The Balaban J connectivity index is 1.91. The van der Waals surface area contributed by atoms with Crippen molar-refractivity contribution in [1.82, 2.24) is 10.2 Å². The molecule has 1 aromatic rings. The van der Waals surface area contributed by atoms with Crippen LogP contribution in [0, 0.1) is 5.92 Å². The quantitative estimate of drug-likeness (QED) is 0.896. The van der Waals surface area contributed by atoms with E-state index in [1.807, 2.05) is 0 Å². The first-order valence-corrected chi connectivity index (χ1v) is 7.42. The lowest BCUT2D eigenvalue weighted by Gasteiger charge is -2.19. The van der Waals surface area contributed by atoms with Gasteiger partial charge >= 0.3 is 6.03 Å². The molecule has 0 radical (unpaired) electrons. The van der Waals surface area contributed by atoms with Gasteiger partial charge in [-0.2, -0.15) is 0 Å². The average molecular weight is 313 g/mol. The highest BCUT2D eigenvalue weighted by atomic mass is 35.5. The molecule has 1 fully saturated rings. The van der Waals surface area contributed by atoms with Gasteiger partial charge < -0.3 is 20.1 Å². The van der Waals surface area contributed by atoms with E-state index < -0.39 is 0 Å². The molecule has 0 aromatic heterocycles. The molecule has 1 saturated heterocycles. The molecule has 116 valence electrons. The van der Waals surface area contributed by atoms with Gasteiger partial charge in [-0.1, -0.05) is 11.6 Å². The summed E-state index contributed by atoms with van der Waals surface area (Å²) in [7, 11) is 1.59. The van der Waals surface area contributed by atoms with Crippen LogP contribution in [0.4, 0.5) is 4.79 Å². The van der Waals surface area contributed by atoms with Crippen molar-refractivity contribution in [3.05, 3.63) is 28.8 Å². The van der Waals surface area contributed by atoms with Crippen molar-refractivity contribution in [2.45, 2.75) is 26.0 Å². The normalized spacial score (nSPS) is 19.4. The summed E-state index contributed by atoms with van der Waals surface area (Å²) in [5, 5.41) is 13.0. The lowest BCUT2D eigenvalue weighted by Crippen LogP contribution is -2.38. The Morgan fingerprint density at radius 1 is 1.62 bits per heavy atom. The molecule has 1 aromatic carbocycles. The van der Waals surface area contributed by atoms with Crippen LogP contribution in [0.1, 0.15) is 18.9 Å². The predicted molar refractivity (Wildman–Crippen MR) is 81.6 cm³/mol. The third-order valence-electron chi connectivity index (χ3n) is 3.87. The molecule has 0 spiro atoms. The SMILES string of the molecule is COc1ccc(Cl)cc1CNC(=O)N1CCC(C(C)O)C1. The molecule has 2 unspecified atom stereocenters. The zero-order valence-corrected chi connectivity index (χ0v) is 13.1. The minimum Gasteiger partial charge on any atom is -0.496 e. The summed E-state index contributed by atoms with van der Waals surface area (Å²) in [6.45, 7) is 3.39. The number of nitrogens with one attached hydrogen (secondary N) is 1. The first kappa shape index (κ1) is 15.9. The van der Waals surface area contributed by atoms with E-state index in [-0.39, 0.29) is 18.1 Å². The Morgan fingerprint density at radius 3 is 3.00 bits per heavy atom. The summed E-state index contributed by atoms with van der Waals surface area (Å²) in [5.41, 5.74) is 0.838. The molecular weight excluding hydrogens is 292 g/mol. The smallest absolute Gasteiger partial charge is 0.317 e. The number of benzene rings is 1. The van der Waals surface area contributed by atoms with Crippen LogP contribution in [0.5, 0.6) is 5.75 Å². The second-order valence-electron chi connectivity index (χ2n) is 5.35. The molecule has 0 aliphatic carbocycles. The number of hydrogen-bond donors (Lipinski definition) is 2. The highest BCUT2D eigenvalue weighted by molar-refractivity contribution is 6.30. The Kier molecular flexibility index (Phi) is 5.31. The molecule has 2 atom stereocenters. The number of urea groups is 1. The zero-order chi connectivity index (χ0) is 15.4. The monoisotopic (exact) mass is 312 g/mol. The highest BCUT2D eigenvalue weighted by Crippen LogP contribution is 2.23. The zero-order valence-electron chi connectivity index (χ0n) is 12.3. The van der Waals surface area contributed by atoms with E-state index >= 15 is 0 Å². The van der Waals surface area contributed by atoms with Gasteiger partial charge in [0.1, 0.15) is 5.75 Å². The number of aliphatic hydroxyl groups excluding tert-OH is 1. The Bertz CT molecular complexity index is 508.